The van der Waals surface area contributed by atoms with Gasteiger partial charge >= 0.3 is 0 Å². The Balaban J connectivity index is 2.05. The van der Waals surface area contributed by atoms with Crippen LogP contribution in [0.3, 0.4) is 0 Å². The molecule has 2 rings (SSSR count). The van der Waals surface area contributed by atoms with E-state index >= 15 is 0 Å². The summed E-state index contributed by atoms with van der Waals surface area (Å²) in [6, 6.07) is 5.98. The van der Waals surface area contributed by atoms with E-state index in [-0.39, 0.29) is 12.0 Å². The number of nitrogens with one attached hydrogen (secondary N) is 1. The van der Waals surface area contributed by atoms with Gasteiger partial charge in [-0.2, -0.15) is 0 Å². The Bertz CT molecular complexity index is 503. The average molecular weight is 292 g/mol. The van der Waals surface area contributed by atoms with Crippen LogP contribution >= 0.6 is 0 Å². The van der Waals surface area contributed by atoms with E-state index in [4.69, 9.17) is 15.2 Å². The summed E-state index contributed by atoms with van der Waals surface area (Å²) in [6.07, 6.45) is 0.988. The maximum atomic E-state index is 11.9. The Morgan fingerprint density at radius 2 is 2.29 bits per heavy atom. The highest BCUT2D eigenvalue weighted by molar-refractivity contribution is 5.85. The van der Waals surface area contributed by atoms with Gasteiger partial charge in [-0.1, -0.05) is 12.1 Å². The summed E-state index contributed by atoms with van der Waals surface area (Å²) in [5.41, 5.74) is 6.97. The zero-order valence-electron chi connectivity index (χ0n) is 12.9. The molecule has 1 fully saturated rings. The van der Waals surface area contributed by atoms with Crippen LogP contribution in [0.4, 0.5) is 0 Å². The molecule has 3 N–H and O–H groups in total. The number of amides is 1. The van der Waals surface area contributed by atoms with Gasteiger partial charge in [0.15, 0.2) is 0 Å². The van der Waals surface area contributed by atoms with Crippen molar-refractivity contribution in [3.8, 4) is 5.75 Å². The number of rotatable bonds is 5. The molecule has 1 aromatic rings. The number of benzene rings is 1. The maximum absolute atomic E-state index is 11.9. The van der Waals surface area contributed by atoms with E-state index in [0.717, 1.165) is 29.9 Å². The molecule has 1 amide bonds. The number of carbonyl (C=O) groups is 1. The van der Waals surface area contributed by atoms with E-state index in [2.05, 4.69) is 5.32 Å². The molecule has 0 aromatic heterocycles. The van der Waals surface area contributed by atoms with Crippen LogP contribution in [-0.2, 0) is 16.1 Å². The molecular weight excluding hydrogens is 268 g/mol. The van der Waals surface area contributed by atoms with Crippen LogP contribution in [-0.4, -0.2) is 30.8 Å². The van der Waals surface area contributed by atoms with E-state index in [1.165, 1.54) is 0 Å². The average Bonchev–Trinajstić information content (AvgIpc) is 2.89. The van der Waals surface area contributed by atoms with Gasteiger partial charge in [0, 0.05) is 18.5 Å². The van der Waals surface area contributed by atoms with Gasteiger partial charge in [0.25, 0.3) is 0 Å². The third kappa shape index (κ3) is 4.44. The van der Waals surface area contributed by atoms with Crippen LogP contribution in [0.15, 0.2) is 18.2 Å². The van der Waals surface area contributed by atoms with E-state index in [1.807, 2.05) is 25.1 Å². The Kier molecular flexibility index (Phi) is 4.85. The lowest BCUT2D eigenvalue weighted by Gasteiger charge is -2.20. The SMILES string of the molecule is Cc1ccc(CNC(=O)C(C)(C)N)c(OC2CCOC2)c1. The van der Waals surface area contributed by atoms with Crippen LogP contribution in [0.2, 0.25) is 0 Å². The number of carbonyl (C=O) groups excluding carboxylic acids is 1. The topological polar surface area (TPSA) is 73.6 Å². The number of aryl methyl sites for hydroxylation is 1. The van der Waals surface area contributed by atoms with Crippen molar-refractivity contribution in [2.75, 3.05) is 13.2 Å². The first-order valence-corrected chi connectivity index (χ1v) is 7.27. The Morgan fingerprint density at radius 3 is 2.90 bits per heavy atom. The predicted molar refractivity (Wildman–Crippen MR) is 81.1 cm³/mol. The van der Waals surface area contributed by atoms with E-state index < -0.39 is 5.54 Å². The minimum atomic E-state index is -0.884. The summed E-state index contributed by atoms with van der Waals surface area (Å²) in [7, 11) is 0. The first kappa shape index (κ1) is 15.8. The summed E-state index contributed by atoms with van der Waals surface area (Å²) in [4.78, 5) is 11.9. The fourth-order valence-corrected chi connectivity index (χ4v) is 2.11. The molecule has 1 heterocycles. The molecule has 0 radical (unpaired) electrons. The van der Waals surface area contributed by atoms with Crippen LogP contribution in [0.1, 0.15) is 31.4 Å². The van der Waals surface area contributed by atoms with Crippen LogP contribution in [0.25, 0.3) is 0 Å². The molecule has 1 aromatic carbocycles. The normalized spacial score (nSPS) is 18.6. The second-order valence-electron chi connectivity index (χ2n) is 6.12. The molecule has 21 heavy (non-hydrogen) atoms. The van der Waals surface area contributed by atoms with Gasteiger partial charge in [-0.25, -0.2) is 0 Å². The number of nitrogens with two attached hydrogens (primary N) is 1. The molecule has 1 aliphatic rings. The van der Waals surface area contributed by atoms with Crippen molar-refractivity contribution in [1.82, 2.24) is 5.32 Å². The first-order chi connectivity index (χ1) is 9.86. The maximum Gasteiger partial charge on any atom is 0.239 e. The van der Waals surface area contributed by atoms with Crippen LogP contribution < -0.4 is 15.8 Å². The smallest absolute Gasteiger partial charge is 0.239 e. The second kappa shape index (κ2) is 6.45. The molecule has 5 nitrogen and oxygen atoms in total. The molecule has 116 valence electrons. The lowest BCUT2D eigenvalue weighted by Crippen LogP contribution is -2.48. The van der Waals surface area contributed by atoms with Crippen LogP contribution in [0, 0.1) is 6.92 Å². The summed E-state index contributed by atoms with van der Waals surface area (Å²) >= 11 is 0. The number of hydrogen-bond acceptors (Lipinski definition) is 4. The monoisotopic (exact) mass is 292 g/mol. The number of ether oxygens (including phenoxy) is 2. The van der Waals surface area contributed by atoms with E-state index in [9.17, 15) is 4.79 Å². The van der Waals surface area contributed by atoms with E-state index in [0.29, 0.717) is 13.2 Å². The molecule has 1 atom stereocenters. The summed E-state index contributed by atoms with van der Waals surface area (Å²) in [6.45, 7) is 7.15. The molecule has 0 aliphatic carbocycles. The minimum Gasteiger partial charge on any atom is -0.488 e. The molecule has 0 spiro atoms. The van der Waals surface area contributed by atoms with Crippen molar-refractivity contribution in [2.24, 2.45) is 5.73 Å². The lowest BCUT2D eigenvalue weighted by molar-refractivity contribution is -0.125. The Morgan fingerprint density at radius 1 is 1.52 bits per heavy atom. The van der Waals surface area contributed by atoms with Crippen molar-refractivity contribution in [2.45, 2.75) is 45.4 Å². The third-order valence-corrected chi connectivity index (χ3v) is 3.43. The highest BCUT2D eigenvalue weighted by Gasteiger charge is 2.22. The van der Waals surface area contributed by atoms with Gasteiger partial charge in [-0.15, -0.1) is 0 Å². The van der Waals surface area contributed by atoms with Crippen molar-refractivity contribution >= 4 is 5.91 Å². The quantitative estimate of drug-likeness (QED) is 0.863. The Labute approximate surface area is 125 Å². The van der Waals surface area contributed by atoms with Crippen molar-refractivity contribution in [1.29, 1.82) is 0 Å². The third-order valence-electron chi connectivity index (χ3n) is 3.43. The summed E-state index contributed by atoms with van der Waals surface area (Å²) in [5.74, 6) is 0.624. The number of hydrogen-bond donors (Lipinski definition) is 2. The largest absolute Gasteiger partial charge is 0.488 e. The zero-order chi connectivity index (χ0) is 15.5. The fourth-order valence-electron chi connectivity index (χ4n) is 2.11. The van der Waals surface area contributed by atoms with Gasteiger partial charge in [-0.3, -0.25) is 4.79 Å². The van der Waals surface area contributed by atoms with Gasteiger partial charge in [0.2, 0.25) is 5.91 Å². The first-order valence-electron chi connectivity index (χ1n) is 7.27. The molecule has 1 aliphatic heterocycles. The van der Waals surface area contributed by atoms with Gasteiger partial charge < -0.3 is 20.5 Å². The molecule has 0 saturated carbocycles. The van der Waals surface area contributed by atoms with E-state index in [1.54, 1.807) is 13.8 Å². The summed E-state index contributed by atoms with van der Waals surface area (Å²) < 4.78 is 11.3. The molecule has 5 heteroatoms. The van der Waals surface area contributed by atoms with Crippen molar-refractivity contribution < 1.29 is 14.3 Å². The fraction of sp³-hybridized carbons (Fsp3) is 0.562. The van der Waals surface area contributed by atoms with Gasteiger partial charge in [0.05, 0.1) is 18.8 Å². The summed E-state index contributed by atoms with van der Waals surface area (Å²) in [5, 5.41) is 2.85. The molecule has 1 saturated heterocycles. The predicted octanol–water partition coefficient (Wildman–Crippen LogP) is 1.52. The highest BCUT2D eigenvalue weighted by Crippen LogP contribution is 2.23. The second-order valence-corrected chi connectivity index (χ2v) is 6.12. The van der Waals surface area contributed by atoms with Crippen molar-refractivity contribution in [3.05, 3.63) is 29.3 Å². The zero-order valence-corrected chi connectivity index (χ0v) is 12.9. The Hall–Kier alpha value is -1.59. The lowest BCUT2D eigenvalue weighted by atomic mass is 10.1. The molecular formula is C16H24N2O3. The standard InChI is InChI=1S/C16H24N2O3/c1-11-4-5-12(9-18-15(19)16(2,3)17)14(8-11)21-13-6-7-20-10-13/h4-5,8,13H,6-7,9-10,17H2,1-3H3,(H,18,19). The minimum absolute atomic E-state index is 0.0900. The highest BCUT2D eigenvalue weighted by atomic mass is 16.5. The van der Waals surface area contributed by atoms with Crippen LogP contribution in [0.5, 0.6) is 5.75 Å². The van der Waals surface area contributed by atoms with Gasteiger partial charge in [0.1, 0.15) is 11.9 Å². The van der Waals surface area contributed by atoms with Crippen molar-refractivity contribution in [3.63, 3.8) is 0 Å². The molecule has 0 bridgehead atoms. The molecule has 1 unspecified atom stereocenters. The van der Waals surface area contributed by atoms with Gasteiger partial charge in [-0.05, 0) is 32.4 Å².